The highest BCUT2D eigenvalue weighted by atomic mass is 16.2. The predicted octanol–water partition coefficient (Wildman–Crippen LogP) is 3.61. The van der Waals surface area contributed by atoms with Crippen LogP contribution in [0.1, 0.15) is 57.4 Å². The number of carbonyl (C=O) groups excluding carboxylic acids is 3. The standard InChI is InChI=1S/C23H31N3O3/c1-14-19(25-15(2)27)4-3-5-20(14)26-22(29)13-24-21(28)12-23-9-16-6-17(10-23)8-18(7-16)11-23/h3-5,16-18H,6-13H2,1-2H3,(H,24,28)(H,25,27)(H,26,29). The van der Waals surface area contributed by atoms with Crippen LogP contribution in [0.25, 0.3) is 0 Å². The maximum Gasteiger partial charge on any atom is 0.243 e. The minimum atomic E-state index is -0.257. The lowest BCUT2D eigenvalue weighted by molar-refractivity contribution is -0.131. The number of hydrogen-bond donors (Lipinski definition) is 3. The molecule has 0 atom stereocenters. The number of benzene rings is 1. The van der Waals surface area contributed by atoms with Crippen molar-refractivity contribution in [2.24, 2.45) is 23.2 Å². The van der Waals surface area contributed by atoms with Crippen LogP contribution in [0.5, 0.6) is 0 Å². The van der Waals surface area contributed by atoms with E-state index in [9.17, 15) is 14.4 Å². The molecule has 1 aromatic rings. The molecular weight excluding hydrogens is 366 g/mol. The molecule has 4 saturated carbocycles. The van der Waals surface area contributed by atoms with Crippen molar-refractivity contribution in [2.75, 3.05) is 17.2 Å². The van der Waals surface area contributed by atoms with E-state index in [1.54, 1.807) is 18.2 Å². The summed E-state index contributed by atoms with van der Waals surface area (Å²) in [6.45, 7) is 3.26. The van der Waals surface area contributed by atoms with Gasteiger partial charge in [0.15, 0.2) is 0 Å². The van der Waals surface area contributed by atoms with Crippen molar-refractivity contribution in [3.8, 4) is 0 Å². The van der Waals surface area contributed by atoms with Gasteiger partial charge in [0.1, 0.15) is 0 Å². The molecule has 4 fully saturated rings. The average Bonchev–Trinajstić information content (AvgIpc) is 2.61. The topological polar surface area (TPSA) is 87.3 Å². The van der Waals surface area contributed by atoms with Crippen LogP contribution in [0.3, 0.4) is 0 Å². The number of nitrogens with one attached hydrogen (secondary N) is 3. The zero-order valence-corrected chi connectivity index (χ0v) is 17.3. The molecule has 0 aliphatic heterocycles. The monoisotopic (exact) mass is 397 g/mol. The Morgan fingerprint density at radius 3 is 2.03 bits per heavy atom. The summed E-state index contributed by atoms with van der Waals surface area (Å²) < 4.78 is 0. The first-order valence-electron chi connectivity index (χ1n) is 10.8. The van der Waals surface area contributed by atoms with E-state index >= 15 is 0 Å². The first-order valence-corrected chi connectivity index (χ1v) is 10.8. The number of anilines is 2. The van der Waals surface area contributed by atoms with Crippen LogP contribution in [0.15, 0.2) is 18.2 Å². The molecule has 0 saturated heterocycles. The van der Waals surface area contributed by atoms with Gasteiger partial charge >= 0.3 is 0 Å². The van der Waals surface area contributed by atoms with Crippen LogP contribution >= 0.6 is 0 Å². The van der Waals surface area contributed by atoms with E-state index in [1.165, 1.54) is 45.4 Å². The summed E-state index contributed by atoms with van der Waals surface area (Å²) in [7, 11) is 0. The molecule has 4 bridgehead atoms. The summed E-state index contributed by atoms with van der Waals surface area (Å²) in [6.07, 6.45) is 8.20. The maximum atomic E-state index is 12.6. The minimum absolute atomic E-state index is 0.00850. The second-order valence-corrected chi connectivity index (χ2v) is 9.58. The zero-order chi connectivity index (χ0) is 20.6. The van der Waals surface area contributed by atoms with Gasteiger partial charge in [-0.05, 0) is 86.3 Å². The summed E-state index contributed by atoms with van der Waals surface area (Å²) in [4.78, 5) is 36.2. The normalized spacial score (nSPS) is 29.4. The Hall–Kier alpha value is -2.37. The van der Waals surface area contributed by atoms with Gasteiger partial charge in [0.05, 0.1) is 6.54 Å². The molecule has 0 heterocycles. The van der Waals surface area contributed by atoms with Gasteiger partial charge in [-0.2, -0.15) is 0 Å². The summed E-state index contributed by atoms with van der Waals surface area (Å²) in [5.41, 5.74) is 2.27. The van der Waals surface area contributed by atoms with E-state index in [1.807, 2.05) is 6.92 Å². The molecule has 29 heavy (non-hydrogen) atoms. The highest BCUT2D eigenvalue weighted by Gasteiger charge is 2.51. The van der Waals surface area contributed by atoms with Crippen molar-refractivity contribution in [1.82, 2.24) is 5.32 Å². The number of rotatable bonds is 6. The Morgan fingerprint density at radius 1 is 0.931 bits per heavy atom. The maximum absolute atomic E-state index is 12.6. The molecule has 0 unspecified atom stereocenters. The first kappa shape index (κ1) is 19.9. The number of hydrogen-bond acceptors (Lipinski definition) is 3. The molecule has 0 spiro atoms. The SMILES string of the molecule is CC(=O)Nc1cccc(NC(=O)CNC(=O)CC23CC4CC(CC(C4)C2)C3)c1C. The summed E-state index contributed by atoms with van der Waals surface area (Å²) in [5.74, 6) is 2.02. The molecule has 4 aliphatic rings. The van der Waals surface area contributed by atoms with Crippen LogP contribution in [-0.4, -0.2) is 24.3 Å². The van der Waals surface area contributed by atoms with E-state index in [0.29, 0.717) is 17.8 Å². The van der Waals surface area contributed by atoms with Crippen LogP contribution < -0.4 is 16.0 Å². The second-order valence-electron chi connectivity index (χ2n) is 9.58. The van der Waals surface area contributed by atoms with Crippen LogP contribution in [0, 0.1) is 30.1 Å². The molecule has 1 aromatic carbocycles. The molecule has 3 amide bonds. The van der Waals surface area contributed by atoms with Crippen LogP contribution in [0.4, 0.5) is 11.4 Å². The highest BCUT2D eigenvalue weighted by Crippen LogP contribution is 2.61. The van der Waals surface area contributed by atoms with E-state index in [4.69, 9.17) is 0 Å². The Kier molecular flexibility index (Phi) is 5.36. The fraction of sp³-hybridized carbons (Fsp3) is 0.609. The third-order valence-electron chi connectivity index (χ3n) is 7.07. The van der Waals surface area contributed by atoms with Crippen molar-refractivity contribution >= 4 is 29.1 Å². The van der Waals surface area contributed by atoms with E-state index < -0.39 is 0 Å². The highest BCUT2D eigenvalue weighted by molar-refractivity contribution is 5.97. The third-order valence-corrected chi connectivity index (χ3v) is 7.07. The molecule has 3 N–H and O–H groups in total. The van der Waals surface area contributed by atoms with E-state index in [2.05, 4.69) is 16.0 Å². The Bertz CT molecular complexity index is 797. The number of carbonyl (C=O) groups is 3. The smallest absolute Gasteiger partial charge is 0.243 e. The van der Waals surface area contributed by atoms with Gasteiger partial charge in [-0.15, -0.1) is 0 Å². The molecule has 156 valence electrons. The Labute approximate surface area is 172 Å². The lowest BCUT2D eigenvalue weighted by Crippen LogP contribution is -2.48. The van der Waals surface area contributed by atoms with Gasteiger partial charge in [-0.25, -0.2) is 0 Å². The second kappa shape index (κ2) is 7.81. The van der Waals surface area contributed by atoms with Crippen molar-refractivity contribution in [3.63, 3.8) is 0 Å². The van der Waals surface area contributed by atoms with E-state index in [0.717, 1.165) is 23.3 Å². The van der Waals surface area contributed by atoms with Gasteiger partial charge < -0.3 is 16.0 Å². The molecule has 6 nitrogen and oxygen atoms in total. The molecule has 0 radical (unpaired) electrons. The lowest BCUT2D eigenvalue weighted by Gasteiger charge is -2.56. The average molecular weight is 398 g/mol. The Balaban J connectivity index is 1.29. The van der Waals surface area contributed by atoms with Crippen molar-refractivity contribution in [2.45, 2.75) is 58.8 Å². The van der Waals surface area contributed by atoms with Gasteiger partial charge in [0.2, 0.25) is 17.7 Å². The first-order chi connectivity index (χ1) is 13.8. The molecule has 4 aliphatic carbocycles. The largest absolute Gasteiger partial charge is 0.347 e. The minimum Gasteiger partial charge on any atom is -0.347 e. The Morgan fingerprint density at radius 2 is 1.48 bits per heavy atom. The van der Waals surface area contributed by atoms with E-state index in [-0.39, 0.29) is 29.7 Å². The summed E-state index contributed by atoms with van der Waals surface area (Å²) >= 11 is 0. The van der Waals surface area contributed by atoms with Gasteiger partial charge in [0, 0.05) is 24.7 Å². The lowest BCUT2D eigenvalue weighted by atomic mass is 9.49. The summed E-state index contributed by atoms with van der Waals surface area (Å²) in [5, 5.41) is 8.41. The van der Waals surface area contributed by atoms with Crippen LogP contribution in [-0.2, 0) is 14.4 Å². The zero-order valence-electron chi connectivity index (χ0n) is 17.3. The van der Waals surface area contributed by atoms with Crippen LogP contribution in [0.2, 0.25) is 0 Å². The molecular formula is C23H31N3O3. The van der Waals surface area contributed by atoms with Gasteiger partial charge in [-0.1, -0.05) is 6.07 Å². The predicted molar refractivity (Wildman–Crippen MR) is 112 cm³/mol. The van der Waals surface area contributed by atoms with Crippen molar-refractivity contribution in [1.29, 1.82) is 0 Å². The van der Waals surface area contributed by atoms with Gasteiger partial charge in [0.25, 0.3) is 0 Å². The molecule has 6 heteroatoms. The fourth-order valence-electron chi connectivity index (χ4n) is 6.38. The molecule has 0 aromatic heterocycles. The van der Waals surface area contributed by atoms with Crippen molar-refractivity contribution in [3.05, 3.63) is 23.8 Å². The summed E-state index contributed by atoms with van der Waals surface area (Å²) in [6, 6.07) is 5.36. The third kappa shape index (κ3) is 4.46. The fourth-order valence-corrected chi connectivity index (χ4v) is 6.38. The molecule has 5 rings (SSSR count). The van der Waals surface area contributed by atoms with Crippen molar-refractivity contribution < 1.29 is 14.4 Å². The van der Waals surface area contributed by atoms with Gasteiger partial charge in [-0.3, -0.25) is 14.4 Å². The number of amides is 3. The quantitative estimate of drug-likeness (QED) is 0.685.